The standard InChI is InChI=1S/C22H25NO4/c1-5-6-7-18-21(14-8-10-15(25-2)11-9-14)16-12-19(26-3)20(27-4)13-17(16)22(24)23-18/h8-13H,5-7H2,1-4H3,(H,23,24). The molecule has 0 atom stereocenters. The first-order valence-electron chi connectivity index (χ1n) is 9.08. The molecule has 2 aromatic carbocycles. The molecule has 0 saturated carbocycles. The number of H-pyrrole nitrogens is 1. The van der Waals surface area contributed by atoms with Crippen LogP contribution in [0.25, 0.3) is 21.9 Å². The summed E-state index contributed by atoms with van der Waals surface area (Å²) in [6.45, 7) is 2.14. The van der Waals surface area contributed by atoms with E-state index in [0.29, 0.717) is 16.9 Å². The minimum atomic E-state index is -0.116. The number of rotatable bonds is 7. The number of fused-ring (bicyclic) bond motifs is 1. The SMILES string of the molecule is CCCCc1[nH]c(=O)c2cc(OC)c(OC)cc2c1-c1ccc(OC)cc1. The van der Waals surface area contributed by atoms with Gasteiger partial charge in [0.2, 0.25) is 0 Å². The first kappa shape index (κ1) is 18.8. The predicted molar refractivity (Wildman–Crippen MR) is 108 cm³/mol. The number of aryl methyl sites for hydroxylation is 1. The molecule has 5 nitrogen and oxygen atoms in total. The Hall–Kier alpha value is -2.95. The van der Waals surface area contributed by atoms with Gasteiger partial charge in [-0.15, -0.1) is 0 Å². The quantitative estimate of drug-likeness (QED) is 0.665. The maximum absolute atomic E-state index is 12.7. The van der Waals surface area contributed by atoms with E-state index in [4.69, 9.17) is 14.2 Å². The van der Waals surface area contributed by atoms with Crippen molar-refractivity contribution in [3.05, 3.63) is 52.4 Å². The molecule has 3 aromatic rings. The molecule has 0 amide bonds. The van der Waals surface area contributed by atoms with E-state index in [2.05, 4.69) is 11.9 Å². The summed E-state index contributed by atoms with van der Waals surface area (Å²) in [5.74, 6) is 1.94. The molecule has 0 bridgehead atoms. The summed E-state index contributed by atoms with van der Waals surface area (Å²) in [7, 11) is 4.81. The van der Waals surface area contributed by atoms with Crippen LogP contribution in [0.2, 0.25) is 0 Å². The average Bonchev–Trinajstić information content (AvgIpc) is 2.71. The van der Waals surface area contributed by atoms with Crippen molar-refractivity contribution in [2.24, 2.45) is 0 Å². The van der Waals surface area contributed by atoms with Gasteiger partial charge < -0.3 is 19.2 Å². The number of benzene rings is 2. The number of pyridine rings is 1. The first-order chi connectivity index (χ1) is 13.1. The van der Waals surface area contributed by atoms with Crippen molar-refractivity contribution < 1.29 is 14.2 Å². The molecule has 27 heavy (non-hydrogen) atoms. The summed E-state index contributed by atoms with van der Waals surface area (Å²) in [6, 6.07) is 11.5. The van der Waals surface area contributed by atoms with E-state index < -0.39 is 0 Å². The Morgan fingerprint density at radius 1 is 0.889 bits per heavy atom. The summed E-state index contributed by atoms with van der Waals surface area (Å²) in [6.07, 6.45) is 2.85. The number of unbranched alkanes of at least 4 members (excludes halogenated alkanes) is 1. The largest absolute Gasteiger partial charge is 0.497 e. The first-order valence-corrected chi connectivity index (χ1v) is 9.08. The molecule has 0 aliphatic heterocycles. The molecule has 142 valence electrons. The van der Waals surface area contributed by atoms with Crippen molar-refractivity contribution >= 4 is 10.8 Å². The number of hydrogen-bond donors (Lipinski definition) is 1. The Bertz CT molecular complexity index is 990. The Kier molecular flexibility index (Phi) is 5.69. The van der Waals surface area contributed by atoms with E-state index in [9.17, 15) is 4.79 Å². The monoisotopic (exact) mass is 367 g/mol. The molecule has 0 spiro atoms. The zero-order valence-electron chi connectivity index (χ0n) is 16.2. The van der Waals surface area contributed by atoms with Gasteiger partial charge in [-0.2, -0.15) is 0 Å². The number of nitrogens with one attached hydrogen (secondary N) is 1. The van der Waals surface area contributed by atoms with Gasteiger partial charge in [0.25, 0.3) is 5.56 Å². The lowest BCUT2D eigenvalue weighted by molar-refractivity contribution is 0.356. The molecule has 0 radical (unpaired) electrons. The number of aromatic nitrogens is 1. The molecular formula is C22H25NO4. The molecule has 1 aromatic heterocycles. The van der Waals surface area contributed by atoms with Crippen LogP contribution < -0.4 is 19.8 Å². The van der Waals surface area contributed by atoms with Crippen LogP contribution in [0.15, 0.2) is 41.2 Å². The average molecular weight is 367 g/mol. The maximum Gasteiger partial charge on any atom is 0.256 e. The molecule has 0 aliphatic rings. The highest BCUT2D eigenvalue weighted by Crippen LogP contribution is 2.37. The van der Waals surface area contributed by atoms with Crippen LogP contribution >= 0.6 is 0 Å². The normalized spacial score (nSPS) is 10.8. The van der Waals surface area contributed by atoms with E-state index in [1.54, 1.807) is 27.4 Å². The topological polar surface area (TPSA) is 60.6 Å². The van der Waals surface area contributed by atoms with Crippen molar-refractivity contribution in [2.45, 2.75) is 26.2 Å². The minimum absolute atomic E-state index is 0.116. The van der Waals surface area contributed by atoms with Crippen molar-refractivity contribution in [3.63, 3.8) is 0 Å². The highest BCUT2D eigenvalue weighted by Gasteiger charge is 2.17. The molecule has 0 unspecified atom stereocenters. The number of hydrogen-bond acceptors (Lipinski definition) is 4. The number of ether oxygens (including phenoxy) is 3. The van der Waals surface area contributed by atoms with E-state index >= 15 is 0 Å². The number of aromatic amines is 1. The van der Waals surface area contributed by atoms with Crippen LogP contribution in [0.5, 0.6) is 17.2 Å². The fourth-order valence-electron chi connectivity index (χ4n) is 3.33. The molecule has 1 N–H and O–H groups in total. The van der Waals surface area contributed by atoms with Gasteiger partial charge in [0.15, 0.2) is 11.5 Å². The van der Waals surface area contributed by atoms with Gasteiger partial charge in [0.1, 0.15) is 5.75 Å². The Labute approximate surface area is 158 Å². The van der Waals surface area contributed by atoms with Gasteiger partial charge in [0, 0.05) is 16.6 Å². The zero-order valence-corrected chi connectivity index (χ0v) is 16.2. The van der Waals surface area contributed by atoms with Crippen molar-refractivity contribution in [2.75, 3.05) is 21.3 Å². The van der Waals surface area contributed by atoms with Gasteiger partial charge >= 0.3 is 0 Å². The van der Waals surface area contributed by atoms with Crippen molar-refractivity contribution in [1.82, 2.24) is 4.98 Å². The summed E-state index contributed by atoms with van der Waals surface area (Å²) < 4.78 is 16.1. The van der Waals surface area contributed by atoms with Crippen LogP contribution in [-0.2, 0) is 6.42 Å². The van der Waals surface area contributed by atoms with E-state index in [0.717, 1.165) is 47.2 Å². The smallest absolute Gasteiger partial charge is 0.256 e. The molecule has 5 heteroatoms. The minimum Gasteiger partial charge on any atom is -0.497 e. The van der Waals surface area contributed by atoms with Crippen LogP contribution in [-0.4, -0.2) is 26.3 Å². The lowest BCUT2D eigenvalue weighted by Gasteiger charge is -2.16. The summed E-state index contributed by atoms with van der Waals surface area (Å²) in [4.78, 5) is 15.8. The van der Waals surface area contributed by atoms with E-state index in [1.165, 1.54) is 0 Å². The summed E-state index contributed by atoms with van der Waals surface area (Å²) in [5.41, 5.74) is 2.86. The molecular weight excluding hydrogens is 342 g/mol. The van der Waals surface area contributed by atoms with E-state index in [1.807, 2.05) is 30.3 Å². The number of methoxy groups -OCH3 is 3. The zero-order chi connectivity index (χ0) is 19.4. The fourth-order valence-corrected chi connectivity index (χ4v) is 3.33. The highest BCUT2D eigenvalue weighted by molar-refractivity contribution is 5.99. The van der Waals surface area contributed by atoms with Gasteiger partial charge in [-0.25, -0.2) is 0 Å². The summed E-state index contributed by atoms with van der Waals surface area (Å²) >= 11 is 0. The summed E-state index contributed by atoms with van der Waals surface area (Å²) in [5, 5.41) is 1.44. The van der Waals surface area contributed by atoms with Gasteiger partial charge in [0.05, 0.1) is 26.7 Å². The molecule has 0 saturated heterocycles. The van der Waals surface area contributed by atoms with Crippen LogP contribution in [0, 0.1) is 0 Å². The Morgan fingerprint density at radius 3 is 2.07 bits per heavy atom. The van der Waals surface area contributed by atoms with Crippen molar-refractivity contribution in [1.29, 1.82) is 0 Å². The lowest BCUT2D eigenvalue weighted by atomic mass is 9.94. The second-order valence-electron chi connectivity index (χ2n) is 6.39. The van der Waals surface area contributed by atoms with Crippen LogP contribution in [0.4, 0.5) is 0 Å². The molecule has 0 aliphatic carbocycles. The highest BCUT2D eigenvalue weighted by atomic mass is 16.5. The van der Waals surface area contributed by atoms with Crippen LogP contribution in [0.3, 0.4) is 0 Å². The third-order valence-corrected chi connectivity index (χ3v) is 4.76. The van der Waals surface area contributed by atoms with E-state index in [-0.39, 0.29) is 5.56 Å². The molecule has 3 rings (SSSR count). The van der Waals surface area contributed by atoms with Crippen molar-refractivity contribution in [3.8, 4) is 28.4 Å². The molecule has 0 fully saturated rings. The van der Waals surface area contributed by atoms with Gasteiger partial charge in [-0.3, -0.25) is 4.79 Å². The predicted octanol–water partition coefficient (Wildman–Crippen LogP) is 4.56. The second kappa shape index (κ2) is 8.16. The third kappa shape index (κ3) is 3.63. The Balaban J connectivity index is 2.34. The fraction of sp³-hybridized carbons (Fsp3) is 0.318. The second-order valence-corrected chi connectivity index (χ2v) is 6.39. The van der Waals surface area contributed by atoms with Gasteiger partial charge in [-0.1, -0.05) is 25.5 Å². The molecule has 1 heterocycles. The Morgan fingerprint density at radius 2 is 1.52 bits per heavy atom. The third-order valence-electron chi connectivity index (χ3n) is 4.76. The van der Waals surface area contributed by atoms with Gasteiger partial charge in [-0.05, 0) is 42.7 Å². The van der Waals surface area contributed by atoms with Crippen LogP contribution in [0.1, 0.15) is 25.5 Å². The maximum atomic E-state index is 12.7. The lowest BCUT2D eigenvalue weighted by Crippen LogP contribution is -2.12.